The van der Waals surface area contributed by atoms with Crippen LogP contribution in [0.2, 0.25) is 0 Å². The number of imidazole rings is 1. The number of rotatable bonds is 5. The number of anilines is 1. The van der Waals surface area contributed by atoms with Gasteiger partial charge in [0.2, 0.25) is 0 Å². The number of thioether (sulfide) groups is 1. The van der Waals surface area contributed by atoms with Crippen molar-refractivity contribution in [1.82, 2.24) is 9.55 Å². The van der Waals surface area contributed by atoms with Gasteiger partial charge in [-0.2, -0.15) is 0 Å². The van der Waals surface area contributed by atoms with E-state index in [0.717, 1.165) is 9.37 Å². The van der Waals surface area contributed by atoms with E-state index in [1.165, 1.54) is 6.20 Å². The summed E-state index contributed by atoms with van der Waals surface area (Å²) in [4.78, 5) is 15.4. The van der Waals surface area contributed by atoms with Crippen LogP contribution in [0.4, 0.5) is 11.5 Å². The van der Waals surface area contributed by atoms with Crippen molar-refractivity contribution in [3.63, 3.8) is 0 Å². The molecular formula is C12H13BrN4O2S. The zero-order valence-corrected chi connectivity index (χ0v) is 13.1. The Hall–Kier alpha value is -1.54. The highest BCUT2D eigenvalue weighted by atomic mass is 79.9. The lowest BCUT2D eigenvalue weighted by Crippen LogP contribution is -2.07. The van der Waals surface area contributed by atoms with E-state index in [9.17, 15) is 10.1 Å². The Morgan fingerprint density at radius 2 is 2.30 bits per heavy atom. The third kappa shape index (κ3) is 3.31. The quantitative estimate of drug-likeness (QED) is 0.384. The summed E-state index contributed by atoms with van der Waals surface area (Å²) in [7, 11) is 0. The molecule has 20 heavy (non-hydrogen) atoms. The van der Waals surface area contributed by atoms with Gasteiger partial charge in [0.15, 0.2) is 5.82 Å². The van der Waals surface area contributed by atoms with Gasteiger partial charge >= 0.3 is 5.82 Å². The van der Waals surface area contributed by atoms with Crippen molar-refractivity contribution in [2.24, 2.45) is 0 Å². The topological polar surface area (TPSA) is 87.0 Å². The van der Waals surface area contributed by atoms with Crippen molar-refractivity contribution in [1.29, 1.82) is 0 Å². The van der Waals surface area contributed by atoms with Gasteiger partial charge in [0.05, 0.1) is 0 Å². The lowest BCUT2D eigenvalue weighted by Gasteiger charge is -2.06. The number of hydrogen-bond donors (Lipinski definition) is 1. The number of aromatic nitrogens is 2. The smallest absolute Gasteiger partial charge is 0.342 e. The van der Waals surface area contributed by atoms with Crippen LogP contribution in [-0.2, 0) is 6.54 Å². The molecule has 1 aromatic carbocycles. The molecule has 0 unspecified atom stereocenters. The summed E-state index contributed by atoms with van der Waals surface area (Å²) < 4.78 is 2.56. The fourth-order valence-electron chi connectivity index (χ4n) is 1.76. The molecule has 0 spiro atoms. The first kappa shape index (κ1) is 14.9. The van der Waals surface area contributed by atoms with Crippen LogP contribution in [0.15, 0.2) is 33.8 Å². The third-order valence-corrected chi connectivity index (χ3v) is 4.31. The number of nitrogen functional groups attached to an aromatic ring is 1. The minimum Gasteiger partial charge on any atom is -0.398 e. The predicted molar refractivity (Wildman–Crippen MR) is 82.9 cm³/mol. The second-order valence-electron chi connectivity index (χ2n) is 4.10. The summed E-state index contributed by atoms with van der Waals surface area (Å²) in [5, 5.41) is 10.9. The maximum atomic E-state index is 10.9. The van der Waals surface area contributed by atoms with Gasteiger partial charge in [0.1, 0.15) is 12.7 Å². The molecule has 0 aliphatic carbocycles. The standard InChI is InChI=1S/C12H13BrN4O2S/c1-8-15-7-12(17(18)19)16(8)4-5-20-11-6-9(13)2-3-10(11)14/h2-3,6-7H,4-5,14H2,1H3. The Balaban J connectivity index is 2.05. The first-order chi connectivity index (χ1) is 9.49. The van der Waals surface area contributed by atoms with Gasteiger partial charge in [-0.05, 0) is 23.1 Å². The molecule has 106 valence electrons. The largest absolute Gasteiger partial charge is 0.398 e. The molecule has 0 saturated heterocycles. The van der Waals surface area contributed by atoms with E-state index in [1.807, 2.05) is 18.2 Å². The molecule has 2 rings (SSSR count). The summed E-state index contributed by atoms with van der Waals surface area (Å²) in [6, 6.07) is 5.65. The van der Waals surface area contributed by atoms with E-state index in [0.29, 0.717) is 23.8 Å². The number of hydrogen-bond acceptors (Lipinski definition) is 5. The minimum absolute atomic E-state index is 0.0188. The normalized spacial score (nSPS) is 10.7. The second kappa shape index (κ2) is 6.27. The van der Waals surface area contributed by atoms with Crippen molar-refractivity contribution in [3.05, 3.63) is 44.8 Å². The number of nitrogens with two attached hydrogens (primary N) is 1. The average Bonchev–Trinajstić information content (AvgIpc) is 2.75. The molecule has 0 aliphatic rings. The van der Waals surface area contributed by atoms with Crippen molar-refractivity contribution >= 4 is 39.2 Å². The Bertz CT molecular complexity index is 644. The molecule has 0 fully saturated rings. The zero-order valence-electron chi connectivity index (χ0n) is 10.7. The first-order valence-corrected chi connectivity index (χ1v) is 7.61. The fraction of sp³-hybridized carbons (Fsp3) is 0.250. The van der Waals surface area contributed by atoms with E-state index in [1.54, 1.807) is 23.3 Å². The van der Waals surface area contributed by atoms with Crippen LogP contribution in [-0.4, -0.2) is 20.2 Å². The van der Waals surface area contributed by atoms with E-state index in [-0.39, 0.29) is 5.82 Å². The van der Waals surface area contributed by atoms with E-state index in [2.05, 4.69) is 20.9 Å². The molecule has 1 heterocycles. The molecule has 2 aromatic rings. The molecule has 8 heteroatoms. The highest BCUT2D eigenvalue weighted by Crippen LogP contribution is 2.28. The minimum atomic E-state index is -0.419. The fourth-order valence-corrected chi connectivity index (χ4v) is 3.21. The summed E-state index contributed by atoms with van der Waals surface area (Å²) in [6.45, 7) is 2.27. The third-order valence-electron chi connectivity index (χ3n) is 2.77. The van der Waals surface area contributed by atoms with Gasteiger partial charge in [-0.25, -0.2) is 9.55 Å². The second-order valence-corrected chi connectivity index (χ2v) is 6.16. The number of benzene rings is 1. The zero-order chi connectivity index (χ0) is 14.7. The van der Waals surface area contributed by atoms with E-state index < -0.39 is 4.92 Å². The molecule has 0 bridgehead atoms. The van der Waals surface area contributed by atoms with E-state index >= 15 is 0 Å². The van der Waals surface area contributed by atoms with Crippen LogP contribution in [0, 0.1) is 17.0 Å². The number of aryl methyl sites for hydroxylation is 1. The summed E-state index contributed by atoms with van der Waals surface area (Å²) >= 11 is 4.96. The maximum Gasteiger partial charge on any atom is 0.342 e. The predicted octanol–water partition coefficient (Wildman–Crippen LogP) is 3.24. The Kier molecular flexibility index (Phi) is 4.66. The van der Waals surface area contributed by atoms with Gasteiger partial charge < -0.3 is 15.8 Å². The van der Waals surface area contributed by atoms with Crippen LogP contribution in [0.1, 0.15) is 5.82 Å². The molecular weight excluding hydrogens is 344 g/mol. The SMILES string of the molecule is Cc1ncc([N+](=O)[O-])n1CCSc1cc(Br)ccc1N. The molecule has 0 saturated carbocycles. The molecule has 6 nitrogen and oxygen atoms in total. The van der Waals surface area contributed by atoms with Crippen LogP contribution < -0.4 is 5.73 Å². The number of nitro groups is 1. The van der Waals surface area contributed by atoms with Crippen molar-refractivity contribution in [3.8, 4) is 0 Å². The van der Waals surface area contributed by atoms with Crippen LogP contribution >= 0.6 is 27.7 Å². The monoisotopic (exact) mass is 356 g/mol. The Labute approximate surface area is 128 Å². The highest BCUT2D eigenvalue weighted by Gasteiger charge is 2.16. The van der Waals surface area contributed by atoms with Crippen LogP contribution in [0.5, 0.6) is 0 Å². The Morgan fingerprint density at radius 3 is 3.00 bits per heavy atom. The van der Waals surface area contributed by atoms with Gasteiger partial charge in [-0.15, -0.1) is 11.8 Å². The number of nitrogens with zero attached hydrogens (tertiary/aromatic N) is 3. The van der Waals surface area contributed by atoms with Gasteiger partial charge in [-0.1, -0.05) is 15.9 Å². The number of halogens is 1. The molecule has 0 amide bonds. The van der Waals surface area contributed by atoms with Gasteiger partial charge in [0, 0.05) is 27.7 Å². The highest BCUT2D eigenvalue weighted by molar-refractivity contribution is 9.10. The van der Waals surface area contributed by atoms with Crippen molar-refractivity contribution < 1.29 is 4.92 Å². The average molecular weight is 357 g/mol. The van der Waals surface area contributed by atoms with Gasteiger partial charge in [0.25, 0.3) is 0 Å². The molecule has 0 aliphatic heterocycles. The molecule has 1 aromatic heterocycles. The summed E-state index contributed by atoms with van der Waals surface area (Å²) in [6.07, 6.45) is 1.29. The van der Waals surface area contributed by atoms with Crippen LogP contribution in [0.3, 0.4) is 0 Å². The molecule has 2 N–H and O–H groups in total. The summed E-state index contributed by atoms with van der Waals surface area (Å²) in [5.41, 5.74) is 6.59. The van der Waals surface area contributed by atoms with Crippen LogP contribution in [0.25, 0.3) is 0 Å². The lowest BCUT2D eigenvalue weighted by atomic mass is 10.3. The van der Waals surface area contributed by atoms with Gasteiger partial charge in [-0.3, -0.25) is 0 Å². The lowest BCUT2D eigenvalue weighted by molar-refractivity contribution is -0.392. The molecule has 0 radical (unpaired) electrons. The maximum absolute atomic E-state index is 10.9. The Morgan fingerprint density at radius 1 is 1.55 bits per heavy atom. The summed E-state index contributed by atoms with van der Waals surface area (Å²) in [5.74, 6) is 1.34. The van der Waals surface area contributed by atoms with Crippen molar-refractivity contribution in [2.75, 3.05) is 11.5 Å². The van der Waals surface area contributed by atoms with Crippen molar-refractivity contribution in [2.45, 2.75) is 18.4 Å². The van der Waals surface area contributed by atoms with E-state index in [4.69, 9.17) is 5.73 Å². The first-order valence-electron chi connectivity index (χ1n) is 5.83. The molecule has 0 atom stereocenters.